The van der Waals surface area contributed by atoms with E-state index >= 15 is 0 Å². The molecule has 2 aromatic heterocycles. The van der Waals surface area contributed by atoms with Crippen LogP contribution in [0.25, 0.3) is 22.1 Å². The van der Waals surface area contributed by atoms with Crippen molar-refractivity contribution in [3.63, 3.8) is 0 Å². The van der Waals surface area contributed by atoms with Crippen LogP contribution in [0, 0.1) is 5.82 Å². The van der Waals surface area contributed by atoms with Crippen molar-refractivity contribution in [3.05, 3.63) is 84.9 Å². The fourth-order valence-electron chi connectivity index (χ4n) is 3.35. The molecule has 0 saturated heterocycles. The fourth-order valence-corrected chi connectivity index (χ4v) is 4.61. The average molecular weight is 449 g/mol. The SMILES string of the molecule is CN(c1ccc(Oc2ncnc3c2oc2ccccc23)cc1)S(=O)(=O)c1ccccc1F. The summed E-state index contributed by atoms with van der Waals surface area (Å²) in [5.41, 5.74) is 2.07. The maximum absolute atomic E-state index is 14.0. The highest BCUT2D eigenvalue weighted by Gasteiger charge is 2.24. The van der Waals surface area contributed by atoms with Crippen molar-refractivity contribution in [3.8, 4) is 11.6 Å². The van der Waals surface area contributed by atoms with Crippen molar-refractivity contribution >= 4 is 37.8 Å². The van der Waals surface area contributed by atoms with Gasteiger partial charge in [-0.2, -0.15) is 4.98 Å². The molecule has 0 amide bonds. The van der Waals surface area contributed by atoms with Crippen LogP contribution in [0.5, 0.6) is 11.6 Å². The topological polar surface area (TPSA) is 85.5 Å². The molecule has 0 aliphatic carbocycles. The fraction of sp³-hybridized carbons (Fsp3) is 0.0435. The van der Waals surface area contributed by atoms with E-state index in [1.165, 1.54) is 31.6 Å². The van der Waals surface area contributed by atoms with E-state index in [0.717, 1.165) is 15.8 Å². The second kappa shape index (κ2) is 7.61. The summed E-state index contributed by atoms with van der Waals surface area (Å²) in [4.78, 5) is 8.06. The minimum Gasteiger partial charge on any atom is -0.449 e. The summed E-state index contributed by atoms with van der Waals surface area (Å²) in [5, 5.41) is 0.852. The largest absolute Gasteiger partial charge is 0.449 e. The highest BCUT2D eigenvalue weighted by Crippen LogP contribution is 2.34. The van der Waals surface area contributed by atoms with Crippen molar-refractivity contribution in [2.24, 2.45) is 0 Å². The number of anilines is 1. The van der Waals surface area contributed by atoms with Crippen molar-refractivity contribution in [2.75, 3.05) is 11.4 Å². The Morgan fingerprint density at radius 1 is 0.938 bits per heavy atom. The minimum absolute atomic E-state index is 0.242. The van der Waals surface area contributed by atoms with Gasteiger partial charge in [0.1, 0.15) is 33.9 Å². The van der Waals surface area contributed by atoms with Crippen LogP contribution in [-0.4, -0.2) is 25.4 Å². The molecule has 5 rings (SSSR count). The molecule has 3 aromatic carbocycles. The molecule has 0 aliphatic heterocycles. The van der Waals surface area contributed by atoms with Gasteiger partial charge in [-0.15, -0.1) is 0 Å². The summed E-state index contributed by atoms with van der Waals surface area (Å²) in [6, 6.07) is 19.1. The molecular formula is C23H16FN3O4S. The molecule has 0 atom stereocenters. The van der Waals surface area contributed by atoms with Gasteiger partial charge in [0.05, 0.1) is 5.69 Å². The standard InChI is InChI=1S/C23H16FN3O4S/c1-27(32(28,29)20-9-5-3-7-18(20)24)15-10-12-16(13-11-15)30-23-22-21(25-14-26-23)17-6-2-4-8-19(17)31-22/h2-14H,1H3. The first kappa shape index (κ1) is 20.0. The Labute approximate surface area is 182 Å². The lowest BCUT2D eigenvalue weighted by atomic mass is 10.2. The van der Waals surface area contributed by atoms with Gasteiger partial charge < -0.3 is 9.15 Å². The molecule has 0 aliphatic rings. The van der Waals surface area contributed by atoms with E-state index in [2.05, 4.69) is 9.97 Å². The predicted molar refractivity (Wildman–Crippen MR) is 118 cm³/mol. The van der Waals surface area contributed by atoms with E-state index in [4.69, 9.17) is 9.15 Å². The number of fused-ring (bicyclic) bond motifs is 3. The number of nitrogens with zero attached hydrogens (tertiary/aromatic N) is 3. The molecular weight excluding hydrogens is 433 g/mol. The first-order valence-corrected chi connectivity index (χ1v) is 11.0. The Bertz CT molecular complexity index is 1550. The van der Waals surface area contributed by atoms with Gasteiger partial charge in [-0.1, -0.05) is 24.3 Å². The van der Waals surface area contributed by atoms with Crippen molar-refractivity contribution in [1.29, 1.82) is 0 Å². The van der Waals surface area contributed by atoms with Gasteiger partial charge in [-0.05, 0) is 48.5 Å². The van der Waals surface area contributed by atoms with Gasteiger partial charge in [0.2, 0.25) is 5.58 Å². The van der Waals surface area contributed by atoms with Crippen molar-refractivity contribution < 1.29 is 22.0 Å². The lowest BCUT2D eigenvalue weighted by Crippen LogP contribution is -2.27. The molecule has 0 N–H and O–H groups in total. The molecule has 0 fully saturated rings. The maximum atomic E-state index is 14.0. The quantitative estimate of drug-likeness (QED) is 0.370. The number of aromatic nitrogens is 2. The highest BCUT2D eigenvalue weighted by molar-refractivity contribution is 7.92. The molecule has 2 heterocycles. The van der Waals surface area contributed by atoms with Crippen LogP contribution in [0.15, 0.2) is 88.4 Å². The highest BCUT2D eigenvalue weighted by atomic mass is 32.2. The summed E-state index contributed by atoms with van der Waals surface area (Å²) in [7, 11) is -2.70. The number of benzene rings is 3. The third-order valence-electron chi connectivity index (χ3n) is 5.02. The maximum Gasteiger partial charge on any atom is 0.267 e. The van der Waals surface area contributed by atoms with E-state index in [1.54, 1.807) is 24.3 Å². The smallest absolute Gasteiger partial charge is 0.267 e. The van der Waals surface area contributed by atoms with E-state index in [-0.39, 0.29) is 5.88 Å². The molecule has 0 bridgehead atoms. The van der Waals surface area contributed by atoms with E-state index in [9.17, 15) is 12.8 Å². The number of sulfonamides is 1. The van der Waals surface area contributed by atoms with E-state index < -0.39 is 20.7 Å². The zero-order valence-electron chi connectivity index (χ0n) is 16.8. The first-order chi connectivity index (χ1) is 15.4. The molecule has 0 saturated carbocycles. The zero-order valence-corrected chi connectivity index (χ0v) is 17.6. The van der Waals surface area contributed by atoms with Crippen molar-refractivity contribution in [2.45, 2.75) is 4.90 Å². The zero-order chi connectivity index (χ0) is 22.3. The third-order valence-corrected chi connectivity index (χ3v) is 6.83. The first-order valence-electron chi connectivity index (χ1n) is 9.59. The number of hydrogen-bond donors (Lipinski definition) is 0. The Hall–Kier alpha value is -3.98. The molecule has 0 spiro atoms. The molecule has 32 heavy (non-hydrogen) atoms. The molecule has 7 nitrogen and oxygen atoms in total. The minimum atomic E-state index is -4.06. The van der Waals surface area contributed by atoms with Crippen LogP contribution in [0.1, 0.15) is 0 Å². The normalized spacial score (nSPS) is 11.7. The summed E-state index contributed by atoms with van der Waals surface area (Å²) in [6.07, 6.45) is 1.39. The second-order valence-corrected chi connectivity index (χ2v) is 8.89. The second-order valence-electron chi connectivity index (χ2n) is 6.95. The number of halogens is 1. The Balaban J connectivity index is 1.44. The van der Waals surface area contributed by atoms with Crippen molar-refractivity contribution in [1.82, 2.24) is 9.97 Å². The summed E-state index contributed by atoms with van der Waals surface area (Å²) < 4.78 is 52.3. The van der Waals surface area contributed by atoms with Crippen LogP contribution in [0.4, 0.5) is 10.1 Å². The number of rotatable bonds is 5. The lowest BCUT2D eigenvalue weighted by molar-refractivity contribution is 0.456. The third kappa shape index (κ3) is 3.32. The number of ether oxygens (including phenoxy) is 1. The van der Waals surface area contributed by atoms with Crippen LogP contribution in [0.2, 0.25) is 0 Å². The van der Waals surface area contributed by atoms with Crippen LogP contribution >= 0.6 is 0 Å². The van der Waals surface area contributed by atoms with E-state index in [1.807, 2.05) is 24.3 Å². The number of furan rings is 1. The number of hydrogen-bond acceptors (Lipinski definition) is 6. The van der Waals surface area contributed by atoms with Crippen LogP contribution in [0.3, 0.4) is 0 Å². The molecule has 9 heteroatoms. The van der Waals surface area contributed by atoms with Gasteiger partial charge in [0.15, 0.2) is 0 Å². The molecule has 0 radical (unpaired) electrons. The molecule has 5 aromatic rings. The summed E-state index contributed by atoms with van der Waals surface area (Å²) in [5.74, 6) is -0.143. The average Bonchev–Trinajstić information content (AvgIpc) is 3.19. The van der Waals surface area contributed by atoms with Crippen LogP contribution in [-0.2, 0) is 10.0 Å². The Morgan fingerprint density at radius 2 is 1.66 bits per heavy atom. The Kier molecular flexibility index (Phi) is 4.75. The van der Waals surface area contributed by atoms with Gasteiger partial charge in [0.25, 0.3) is 15.9 Å². The number of para-hydroxylation sites is 1. The molecule has 0 unspecified atom stereocenters. The summed E-state index contributed by atoms with van der Waals surface area (Å²) >= 11 is 0. The monoisotopic (exact) mass is 449 g/mol. The van der Waals surface area contributed by atoms with Gasteiger partial charge in [-0.3, -0.25) is 4.31 Å². The predicted octanol–water partition coefficient (Wildman–Crippen LogP) is 5.13. The molecule has 160 valence electrons. The van der Waals surface area contributed by atoms with Gasteiger partial charge >= 0.3 is 0 Å². The van der Waals surface area contributed by atoms with E-state index in [0.29, 0.717) is 28.1 Å². The Morgan fingerprint density at radius 3 is 2.44 bits per heavy atom. The van der Waals surface area contributed by atoms with Crippen LogP contribution < -0.4 is 9.04 Å². The van der Waals surface area contributed by atoms with Gasteiger partial charge in [0, 0.05) is 12.4 Å². The summed E-state index contributed by atoms with van der Waals surface area (Å²) in [6.45, 7) is 0. The van der Waals surface area contributed by atoms with Gasteiger partial charge in [-0.25, -0.2) is 17.8 Å². The lowest BCUT2D eigenvalue weighted by Gasteiger charge is -2.20.